The van der Waals surface area contributed by atoms with Crippen molar-refractivity contribution in [2.75, 3.05) is 5.32 Å². The van der Waals surface area contributed by atoms with E-state index in [-0.39, 0.29) is 11.8 Å². The lowest BCUT2D eigenvalue weighted by Gasteiger charge is -2.08. The average molecular weight is 380 g/mol. The normalized spacial score (nSPS) is 10.8. The van der Waals surface area contributed by atoms with Crippen molar-refractivity contribution in [1.82, 2.24) is 5.43 Å². The number of aryl methyl sites for hydroxylation is 1. The highest BCUT2D eigenvalue weighted by Crippen LogP contribution is 2.14. The standard InChI is InChI=1S/C23H29N3O2/c1-3-4-5-6-7-10-16-24-26-22(27)19-13-11-14-20(17-19)25-23(28)21-15-9-8-12-18(21)2/h8-9,11-17H,3-7,10H2,1-2H3,(H,25,28)(H,26,27)/b24-16-. The van der Waals surface area contributed by atoms with Gasteiger partial charge < -0.3 is 5.32 Å². The summed E-state index contributed by atoms with van der Waals surface area (Å²) in [6.07, 6.45) is 8.62. The Balaban J connectivity index is 1.85. The number of carbonyl (C=O) groups excluding carboxylic acids is 2. The highest BCUT2D eigenvalue weighted by Gasteiger charge is 2.10. The van der Waals surface area contributed by atoms with Crippen LogP contribution < -0.4 is 10.7 Å². The molecule has 5 heteroatoms. The van der Waals surface area contributed by atoms with Crippen molar-refractivity contribution in [3.63, 3.8) is 0 Å². The number of hydrogen-bond acceptors (Lipinski definition) is 3. The van der Waals surface area contributed by atoms with Crippen LogP contribution in [0.1, 0.15) is 71.7 Å². The minimum atomic E-state index is -0.297. The van der Waals surface area contributed by atoms with Crippen molar-refractivity contribution in [2.24, 2.45) is 5.10 Å². The van der Waals surface area contributed by atoms with Crippen molar-refractivity contribution in [1.29, 1.82) is 0 Å². The molecule has 0 aliphatic heterocycles. The molecule has 2 amide bonds. The van der Waals surface area contributed by atoms with E-state index in [1.165, 1.54) is 25.7 Å². The van der Waals surface area contributed by atoms with Gasteiger partial charge in [-0.3, -0.25) is 9.59 Å². The molecule has 2 rings (SSSR count). The molecule has 0 saturated heterocycles. The first kappa shape index (κ1) is 21.4. The molecular weight excluding hydrogens is 350 g/mol. The van der Waals surface area contributed by atoms with Gasteiger partial charge in [0.1, 0.15) is 0 Å². The molecule has 148 valence electrons. The minimum Gasteiger partial charge on any atom is -0.322 e. The van der Waals surface area contributed by atoms with E-state index in [1.54, 1.807) is 36.5 Å². The van der Waals surface area contributed by atoms with Crippen LogP contribution in [0.5, 0.6) is 0 Å². The summed E-state index contributed by atoms with van der Waals surface area (Å²) in [6.45, 7) is 4.08. The van der Waals surface area contributed by atoms with Crippen molar-refractivity contribution < 1.29 is 9.59 Å². The Kier molecular flexibility index (Phi) is 8.92. The number of benzene rings is 2. The number of carbonyl (C=O) groups is 2. The lowest BCUT2D eigenvalue weighted by molar-refractivity contribution is 0.0953. The molecule has 0 radical (unpaired) electrons. The third-order valence-electron chi connectivity index (χ3n) is 4.47. The zero-order valence-corrected chi connectivity index (χ0v) is 16.7. The molecular formula is C23H29N3O2. The predicted molar refractivity (Wildman–Crippen MR) is 115 cm³/mol. The first-order chi connectivity index (χ1) is 13.6. The zero-order chi connectivity index (χ0) is 20.2. The predicted octanol–water partition coefficient (Wildman–Crippen LogP) is 5.32. The maximum absolute atomic E-state index is 12.4. The fourth-order valence-electron chi connectivity index (χ4n) is 2.84. The Labute approximate surface area is 167 Å². The molecule has 0 heterocycles. The second kappa shape index (κ2) is 11.7. The van der Waals surface area contributed by atoms with E-state index in [4.69, 9.17) is 0 Å². The van der Waals surface area contributed by atoms with Crippen LogP contribution >= 0.6 is 0 Å². The Bertz CT molecular complexity index is 815. The van der Waals surface area contributed by atoms with Crippen LogP contribution in [0, 0.1) is 6.92 Å². The molecule has 0 atom stereocenters. The van der Waals surface area contributed by atoms with Gasteiger partial charge in [-0.05, 0) is 49.6 Å². The average Bonchev–Trinajstić information content (AvgIpc) is 2.70. The lowest BCUT2D eigenvalue weighted by atomic mass is 10.1. The number of unbranched alkanes of at least 4 members (excludes halogenated alkanes) is 5. The van der Waals surface area contributed by atoms with Gasteiger partial charge >= 0.3 is 0 Å². The van der Waals surface area contributed by atoms with Gasteiger partial charge in [-0.1, -0.05) is 56.9 Å². The number of hydrazone groups is 1. The summed E-state index contributed by atoms with van der Waals surface area (Å²) in [5.74, 6) is -0.494. The monoisotopic (exact) mass is 379 g/mol. The van der Waals surface area contributed by atoms with E-state index in [0.717, 1.165) is 18.4 Å². The lowest BCUT2D eigenvalue weighted by Crippen LogP contribution is -2.18. The smallest absolute Gasteiger partial charge is 0.271 e. The molecule has 2 aromatic rings. The topological polar surface area (TPSA) is 70.6 Å². The number of nitrogens with zero attached hydrogens (tertiary/aromatic N) is 1. The van der Waals surface area contributed by atoms with Crippen LogP contribution in [0.3, 0.4) is 0 Å². The van der Waals surface area contributed by atoms with Gasteiger partial charge in [0.2, 0.25) is 0 Å². The van der Waals surface area contributed by atoms with E-state index in [1.807, 2.05) is 25.1 Å². The van der Waals surface area contributed by atoms with Crippen LogP contribution in [-0.4, -0.2) is 18.0 Å². The summed E-state index contributed by atoms with van der Waals surface area (Å²) < 4.78 is 0. The molecule has 0 spiro atoms. The molecule has 0 aliphatic carbocycles. The maximum Gasteiger partial charge on any atom is 0.271 e. The van der Waals surface area contributed by atoms with Gasteiger partial charge in [-0.2, -0.15) is 5.10 Å². The molecule has 0 bridgehead atoms. The first-order valence-electron chi connectivity index (χ1n) is 9.90. The molecule has 5 nitrogen and oxygen atoms in total. The summed E-state index contributed by atoms with van der Waals surface area (Å²) >= 11 is 0. The third-order valence-corrected chi connectivity index (χ3v) is 4.47. The third kappa shape index (κ3) is 6.99. The summed E-state index contributed by atoms with van der Waals surface area (Å²) in [5.41, 5.74) is 5.07. The van der Waals surface area contributed by atoms with Gasteiger partial charge in [0.15, 0.2) is 0 Å². The number of nitrogens with one attached hydrogen (secondary N) is 2. The van der Waals surface area contributed by atoms with Crippen LogP contribution in [0.15, 0.2) is 53.6 Å². The quantitative estimate of drug-likeness (QED) is 0.333. The van der Waals surface area contributed by atoms with Crippen LogP contribution in [0.2, 0.25) is 0 Å². The fraction of sp³-hybridized carbons (Fsp3) is 0.348. The Hall–Kier alpha value is -2.95. The molecule has 0 unspecified atom stereocenters. The van der Waals surface area contributed by atoms with E-state index in [0.29, 0.717) is 16.8 Å². The van der Waals surface area contributed by atoms with E-state index < -0.39 is 0 Å². The van der Waals surface area contributed by atoms with Crippen molar-refractivity contribution in [3.05, 3.63) is 65.2 Å². The summed E-state index contributed by atoms with van der Waals surface area (Å²) in [6, 6.07) is 14.2. The van der Waals surface area contributed by atoms with Crippen molar-refractivity contribution in [2.45, 2.75) is 52.4 Å². The summed E-state index contributed by atoms with van der Waals surface area (Å²) in [5, 5.41) is 6.84. The van der Waals surface area contributed by atoms with Gasteiger partial charge in [-0.25, -0.2) is 5.43 Å². The number of hydrogen-bond donors (Lipinski definition) is 2. The number of anilines is 1. The van der Waals surface area contributed by atoms with E-state index in [9.17, 15) is 9.59 Å². The molecule has 2 aromatic carbocycles. The highest BCUT2D eigenvalue weighted by atomic mass is 16.2. The molecule has 0 saturated carbocycles. The largest absolute Gasteiger partial charge is 0.322 e. The Morgan fingerprint density at radius 3 is 2.54 bits per heavy atom. The van der Waals surface area contributed by atoms with Gasteiger partial charge in [0, 0.05) is 23.0 Å². The Morgan fingerprint density at radius 1 is 0.964 bits per heavy atom. The number of amides is 2. The second-order valence-electron chi connectivity index (χ2n) is 6.81. The molecule has 2 N–H and O–H groups in total. The van der Waals surface area contributed by atoms with Gasteiger partial charge in [0.05, 0.1) is 0 Å². The van der Waals surface area contributed by atoms with Crippen LogP contribution in [0.25, 0.3) is 0 Å². The zero-order valence-electron chi connectivity index (χ0n) is 16.7. The summed E-state index contributed by atoms with van der Waals surface area (Å²) in [4.78, 5) is 24.7. The molecule has 0 aromatic heterocycles. The molecule has 28 heavy (non-hydrogen) atoms. The maximum atomic E-state index is 12.4. The minimum absolute atomic E-state index is 0.197. The second-order valence-corrected chi connectivity index (χ2v) is 6.81. The number of rotatable bonds is 10. The van der Waals surface area contributed by atoms with Crippen LogP contribution in [0.4, 0.5) is 5.69 Å². The van der Waals surface area contributed by atoms with Crippen LogP contribution in [-0.2, 0) is 0 Å². The summed E-state index contributed by atoms with van der Waals surface area (Å²) in [7, 11) is 0. The first-order valence-corrected chi connectivity index (χ1v) is 9.90. The SMILES string of the molecule is CCCCCCC/C=N\NC(=O)c1cccc(NC(=O)c2ccccc2C)c1. The van der Waals surface area contributed by atoms with Crippen molar-refractivity contribution >= 4 is 23.7 Å². The Morgan fingerprint density at radius 2 is 1.75 bits per heavy atom. The van der Waals surface area contributed by atoms with Gasteiger partial charge in [0.25, 0.3) is 11.8 Å². The van der Waals surface area contributed by atoms with E-state index >= 15 is 0 Å². The highest BCUT2D eigenvalue weighted by molar-refractivity contribution is 6.06. The van der Waals surface area contributed by atoms with Gasteiger partial charge in [-0.15, -0.1) is 0 Å². The molecule has 0 fully saturated rings. The van der Waals surface area contributed by atoms with Crippen molar-refractivity contribution in [3.8, 4) is 0 Å². The fourth-order valence-corrected chi connectivity index (χ4v) is 2.84. The molecule has 0 aliphatic rings. The van der Waals surface area contributed by atoms with E-state index in [2.05, 4.69) is 22.8 Å².